The molecule has 0 spiro atoms. The molecule has 0 saturated carbocycles. The molecule has 122 valence electrons. The summed E-state index contributed by atoms with van der Waals surface area (Å²) in [6, 6.07) is 2.01. The van der Waals surface area contributed by atoms with Gasteiger partial charge in [-0.1, -0.05) is 11.6 Å². The molecule has 0 amide bonds. The van der Waals surface area contributed by atoms with Crippen LogP contribution in [-0.4, -0.2) is 23.0 Å². The Morgan fingerprint density at radius 1 is 1.35 bits per heavy atom. The number of nitrogens with zero attached hydrogens (tertiary/aromatic N) is 2. The number of alkyl halides is 3. The zero-order chi connectivity index (χ0) is 17.4. The van der Waals surface area contributed by atoms with E-state index >= 15 is 0 Å². The van der Waals surface area contributed by atoms with Crippen LogP contribution in [0.15, 0.2) is 18.3 Å². The molecule has 2 N–H and O–H groups in total. The maximum Gasteiger partial charge on any atom is 0.433 e. The SMILES string of the molecule is COC(=O)c1nc(-c2ccc(C(F)(F)F)nc2)c(C)c(N)c1Cl. The maximum absolute atomic E-state index is 12.6. The van der Waals surface area contributed by atoms with Crippen molar-refractivity contribution >= 4 is 23.3 Å². The van der Waals surface area contributed by atoms with E-state index in [4.69, 9.17) is 17.3 Å². The van der Waals surface area contributed by atoms with Gasteiger partial charge in [0.15, 0.2) is 5.69 Å². The minimum Gasteiger partial charge on any atom is -0.464 e. The van der Waals surface area contributed by atoms with Gasteiger partial charge >= 0.3 is 12.1 Å². The van der Waals surface area contributed by atoms with Crippen LogP contribution in [0.3, 0.4) is 0 Å². The van der Waals surface area contributed by atoms with Crippen molar-refractivity contribution in [2.45, 2.75) is 13.1 Å². The first-order chi connectivity index (χ1) is 10.7. The Kier molecular flexibility index (Phi) is 4.46. The van der Waals surface area contributed by atoms with Crippen molar-refractivity contribution in [2.24, 2.45) is 0 Å². The molecule has 9 heteroatoms. The van der Waals surface area contributed by atoms with Gasteiger partial charge in [-0.3, -0.25) is 4.98 Å². The molecule has 0 bridgehead atoms. The summed E-state index contributed by atoms with van der Waals surface area (Å²) in [5.41, 5.74) is 5.57. The van der Waals surface area contributed by atoms with Crippen LogP contribution in [-0.2, 0) is 10.9 Å². The predicted molar refractivity (Wildman–Crippen MR) is 78.0 cm³/mol. The van der Waals surface area contributed by atoms with Crippen LogP contribution < -0.4 is 5.73 Å². The number of carbonyl (C=O) groups excluding carboxylic acids is 1. The zero-order valence-electron chi connectivity index (χ0n) is 12.0. The summed E-state index contributed by atoms with van der Waals surface area (Å²) in [5.74, 6) is -0.803. The van der Waals surface area contributed by atoms with Crippen LogP contribution >= 0.6 is 11.6 Å². The number of carbonyl (C=O) groups is 1. The monoisotopic (exact) mass is 345 g/mol. The molecule has 0 fully saturated rings. The Morgan fingerprint density at radius 3 is 2.48 bits per heavy atom. The highest BCUT2D eigenvalue weighted by Crippen LogP contribution is 2.34. The average molecular weight is 346 g/mol. The van der Waals surface area contributed by atoms with Gasteiger partial charge in [-0.05, 0) is 24.6 Å². The van der Waals surface area contributed by atoms with Crippen LogP contribution in [0.5, 0.6) is 0 Å². The van der Waals surface area contributed by atoms with E-state index in [9.17, 15) is 18.0 Å². The van der Waals surface area contributed by atoms with E-state index in [1.807, 2.05) is 0 Å². The van der Waals surface area contributed by atoms with E-state index in [-0.39, 0.29) is 27.7 Å². The van der Waals surface area contributed by atoms with E-state index in [0.717, 1.165) is 19.4 Å². The quantitative estimate of drug-likeness (QED) is 0.843. The molecule has 2 aromatic heterocycles. The Bertz CT molecular complexity index is 761. The second-order valence-corrected chi connectivity index (χ2v) is 4.96. The third-order valence-electron chi connectivity index (χ3n) is 3.13. The van der Waals surface area contributed by atoms with Crippen molar-refractivity contribution in [2.75, 3.05) is 12.8 Å². The molecule has 0 aliphatic heterocycles. The Balaban J connectivity index is 2.59. The van der Waals surface area contributed by atoms with Crippen LogP contribution in [0.2, 0.25) is 5.02 Å². The fraction of sp³-hybridized carbons (Fsp3) is 0.214. The Hall–Kier alpha value is -2.35. The fourth-order valence-electron chi connectivity index (χ4n) is 1.88. The van der Waals surface area contributed by atoms with Gasteiger partial charge in [-0.2, -0.15) is 13.2 Å². The van der Waals surface area contributed by atoms with E-state index in [0.29, 0.717) is 5.56 Å². The minimum absolute atomic E-state index is 0.0713. The number of nitrogens with two attached hydrogens (primary N) is 1. The lowest BCUT2D eigenvalue weighted by molar-refractivity contribution is -0.141. The van der Waals surface area contributed by atoms with Gasteiger partial charge in [-0.25, -0.2) is 9.78 Å². The molecule has 2 heterocycles. The first-order valence-corrected chi connectivity index (χ1v) is 6.62. The molecule has 23 heavy (non-hydrogen) atoms. The lowest BCUT2D eigenvalue weighted by Crippen LogP contribution is -2.10. The molecule has 2 rings (SSSR count). The largest absolute Gasteiger partial charge is 0.464 e. The fourth-order valence-corrected chi connectivity index (χ4v) is 2.14. The second-order valence-electron chi connectivity index (χ2n) is 4.58. The number of halogens is 4. The summed E-state index contributed by atoms with van der Waals surface area (Å²) >= 11 is 5.96. The molecule has 5 nitrogen and oxygen atoms in total. The third kappa shape index (κ3) is 3.21. The topological polar surface area (TPSA) is 78.1 Å². The van der Waals surface area contributed by atoms with E-state index in [1.54, 1.807) is 6.92 Å². The Morgan fingerprint density at radius 2 is 2.00 bits per heavy atom. The third-order valence-corrected chi connectivity index (χ3v) is 3.52. The van der Waals surface area contributed by atoms with Gasteiger partial charge in [0.1, 0.15) is 5.69 Å². The van der Waals surface area contributed by atoms with Gasteiger partial charge in [0.2, 0.25) is 0 Å². The van der Waals surface area contributed by atoms with Gasteiger partial charge in [-0.15, -0.1) is 0 Å². The highest BCUT2D eigenvalue weighted by molar-refractivity contribution is 6.36. The molecule has 0 unspecified atom stereocenters. The number of rotatable bonds is 2. The summed E-state index contributed by atoms with van der Waals surface area (Å²) in [5, 5.41) is -0.0713. The number of hydrogen-bond acceptors (Lipinski definition) is 5. The lowest BCUT2D eigenvalue weighted by Gasteiger charge is -2.13. The molecule has 0 aromatic carbocycles. The van der Waals surface area contributed by atoms with E-state index in [2.05, 4.69) is 14.7 Å². The van der Waals surface area contributed by atoms with Gasteiger partial charge < -0.3 is 10.5 Å². The minimum atomic E-state index is -4.54. The Labute approximate surface area is 134 Å². The molecule has 2 aromatic rings. The highest BCUT2D eigenvalue weighted by Gasteiger charge is 2.32. The number of aromatic nitrogens is 2. The summed E-state index contributed by atoms with van der Waals surface area (Å²) in [4.78, 5) is 19.1. The van der Waals surface area contributed by atoms with Gasteiger partial charge in [0.25, 0.3) is 0 Å². The van der Waals surface area contributed by atoms with Gasteiger partial charge in [0, 0.05) is 11.8 Å². The van der Waals surface area contributed by atoms with Crippen molar-refractivity contribution < 1.29 is 22.7 Å². The first-order valence-electron chi connectivity index (χ1n) is 6.24. The molecule has 0 atom stereocenters. The standard InChI is InChI=1S/C14H11ClF3N3O2/c1-6-10(19)9(15)12(13(22)23-2)21-11(6)7-3-4-8(20-5-7)14(16,17)18/h3-5H,1-2H3,(H2,19,21). The van der Waals surface area contributed by atoms with Crippen molar-refractivity contribution in [1.29, 1.82) is 0 Å². The number of pyridine rings is 2. The number of anilines is 1. The van der Waals surface area contributed by atoms with E-state index < -0.39 is 17.8 Å². The van der Waals surface area contributed by atoms with Crippen LogP contribution in [0.1, 0.15) is 21.7 Å². The first kappa shape index (κ1) is 17.0. The van der Waals surface area contributed by atoms with E-state index in [1.165, 1.54) is 6.07 Å². The predicted octanol–water partition coefficient (Wildman–Crippen LogP) is 3.49. The van der Waals surface area contributed by atoms with Crippen molar-refractivity contribution in [1.82, 2.24) is 9.97 Å². The van der Waals surface area contributed by atoms with Crippen LogP contribution in [0.25, 0.3) is 11.3 Å². The normalized spacial score (nSPS) is 11.4. The molecule has 0 saturated heterocycles. The maximum atomic E-state index is 12.6. The molecule has 0 aliphatic carbocycles. The van der Waals surface area contributed by atoms with Crippen molar-refractivity contribution in [3.8, 4) is 11.3 Å². The number of esters is 1. The second kappa shape index (κ2) is 6.04. The molecule has 0 radical (unpaired) electrons. The number of hydrogen-bond donors (Lipinski definition) is 1. The van der Waals surface area contributed by atoms with Crippen molar-refractivity contribution in [3.63, 3.8) is 0 Å². The summed E-state index contributed by atoms with van der Waals surface area (Å²) in [6.07, 6.45) is -3.54. The van der Waals surface area contributed by atoms with Gasteiger partial charge in [0.05, 0.1) is 23.5 Å². The smallest absolute Gasteiger partial charge is 0.433 e. The summed E-state index contributed by atoms with van der Waals surface area (Å²) in [6.45, 7) is 1.59. The van der Waals surface area contributed by atoms with Crippen LogP contribution in [0, 0.1) is 6.92 Å². The summed E-state index contributed by atoms with van der Waals surface area (Å²) in [7, 11) is 1.15. The molecular weight excluding hydrogens is 335 g/mol. The number of methoxy groups -OCH3 is 1. The highest BCUT2D eigenvalue weighted by atomic mass is 35.5. The zero-order valence-corrected chi connectivity index (χ0v) is 12.8. The number of nitrogen functional groups attached to an aromatic ring is 1. The van der Waals surface area contributed by atoms with Crippen LogP contribution in [0.4, 0.5) is 18.9 Å². The van der Waals surface area contributed by atoms with Crippen molar-refractivity contribution in [3.05, 3.63) is 40.3 Å². The molecule has 0 aliphatic rings. The lowest BCUT2D eigenvalue weighted by atomic mass is 10.1. The number of ether oxygens (including phenoxy) is 1. The molecular formula is C14H11ClF3N3O2. The summed E-state index contributed by atoms with van der Waals surface area (Å²) < 4.78 is 42.2. The average Bonchev–Trinajstić information content (AvgIpc) is 2.51.